The number of aromatic nitrogens is 5. The fraction of sp³-hybridized carbons (Fsp3) is 0.143. The van der Waals surface area contributed by atoms with E-state index in [0.717, 1.165) is 49.8 Å². The highest BCUT2D eigenvalue weighted by Crippen LogP contribution is 2.28. The van der Waals surface area contributed by atoms with Crippen molar-refractivity contribution in [3.05, 3.63) is 162 Å². The first-order chi connectivity index (χ1) is 24.3. The maximum Gasteiger partial charge on any atom is 0.159 e. The van der Waals surface area contributed by atoms with E-state index in [2.05, 4.69) is 69.4 Å². The van der Waals surface area contributed by atoms with Gasteiger partial charge in [0.25, 0.3) is 0 Å². The van der Waals surface area contributed by atoms with Crippen molar-refractivity contribution in [2.24, 2.45) is 0 Å². The van der Waals surface area contributed by atoms with E-state index in [4.69, 9.17) is 4.98 Å². The molecular weight excluding hydrogens is 622 g/mol. The van der Waals surface area contributed by atoms with Crippen molar-refractivity contribution in [2.45, 2.75) is 34.2 Å². The van der Waals surface area contributed by atoms with Crippen LogP contribution < -0.4 is 21.2 Å². The first-order valence-corrected chi connectivity index (χ1v) is 16.3. The molecular formula is C42H46FN7. The van der Waals surface area contributed by atoms with Gasteiger partial charge in [-0.05, 0) is 85.7 Å². The second-order valence-electron chi connectivity index (χ2n) is 10.6. The Balaban J connectivity index is 0.00000128. The molecule has 2 aromatic carbocycles. The fourth-order valence-electron chi connectivity index (χ4n) is 5.08. The van der Waals surface area contributed by atoms with E-state index < -0.39 is 0 Å². The highest BCUT2D eigenvalue weighted by Gasteiger charge is 2.16. The van der Waals surface area contributed by atoms with Crippen LogP contribution in [-0.2, 0) is 6.54 Å². The van der Waals surface area contributed by atoms with Crippen molar-refractivity contribution in [1.29, 1.82) is 0 Å². The van der Waals surface area contributed by atoms with Gasteiger partial charge in [-0.25, -0.2) is 9.37 Å². The number of nitrogens with zero attached hydrogens (tertiary/aromatic N) is 3. The maximum absolute atomic E-state index is 14.5. The van der Waals surface area contributed by atoms with E-state index in [1.165, 1.54) is 12.1 Å². The van der Waals surface area contributed by atoms with Gasteiger partial charge in [0.05, 0.1) is 16.6 Å². The van der Waals surface area contributed by atoms with Gasteiger partial charge in [0.15, 0.2) is 5.82 Å². The highest BCUT2D eigenvalue weighted by molar-refractivity contribution is 5.91. The number of imidazole rings is 1. The standard InChI is InChI=1S/C37H36FN7.C3H4.C2H6/c1-7-26(21-30(8-2)41-24(5)27-13-11-10-12-14-27)23(4)17-31-32(9-3)44-45-35(31)37-42-33-15-16-40-34(36(33)43-37)28-18-25(22-39-6)19-29(38)20-28;1-3-2;1-2/h7-21,39,41,44H,2,4-5,22H2,1,3,6H3,(H,42,43);1-2H2;1-2H3/b26-7+,30-21+,31-17+,32-9+;;. The summed E-state index contributed by atoms with van der Waals surface area (Å²) in [7, 11) is 1.83. The Morgan fingerprint density at radius 3 is 2.38 bits per heavy atom. The lowest BCUT2D eigenvalue weighted by Gasteiger charge is -2.12. The van der Waals surface area contributed by atoms with Crippen molar-refractivity contribution < 1.29 is 4.39 Å². The molecule has 3 heterocycles. The lowest BCUT2D eigenvalue weighted by molar-refractivity contribution is 0.624. The van der Waals surface area contributed by atoms with Crippen LogP contribution in [0.15, 0.2) is 134 Å². The predicted molar refractivity (Wildman–Crippen MR) is 209 cm³/mol. The minimum Gasteiger partial charge on any atom is -0.356 e. The van der Waals surface area contributed by atoms with Crippen molar-refractivity contribution in [2.75, 3.05) is 7.05 Å². The molecule has 0 saturated heterocycles. The summed E-state index contributed by atoms with van der Waals surface area (Å²) in [4.78, 5) is 12.9. The van der Waals surface area contributed by atoms with Crippen LogP contribution in [0.5, 0.6) is 0 Å². The van der Waals surface area contributed by atoms with Crippen LogP contribution in [-0.4, -0.2) is 32.2 Å². The molecule has 256 valence electrons. The SMILES string of the molecule is C=C/C(=C\C(=C/C)C(=C)/C=c1/c(-c2nc3c(-c4cc(F)cc(CNC)c4)nccc3[nH]2)n[nH]/c1=C/C)NC(=C)c1ccccc1.C=C=C.CC. The van der Waals surface area contributed by atoms with E-state index in [9.17, 15) is 4.39 Å². The Morgan fingerprint density at radius 2 is 1.74 bits per heavy atom. The number of aromatic amines is 2. The molecule has 5 rings (SSSR count). The van der Waals surface area contributed by atoms with Crippen molar-refractivity contribution >= 4 is 28.9 Å². The van der Waals surface area contributed by atoms with Gasteiger partial charge in [-0.15, -0.1) is 5.73 Å². The summed E-state index contributed by atoms with van der Waals surface area (Å²) in [6, 6.07) is 16.7. The molecule has 50 heavy (non-hydrogen) atoms. The second kappa shape index (κ2) is 19.1. The first-order valence-electron chi connectivity index (χ1n) is 16.3. The number of hydrogen-bond acceptors (Lipinski definition) is 5. The minimum atomic E-state index is -0.328. The molecule has 4 N–H and O–H groups in total. The number of rotatable bonds is 11. The number of halogens is 1. The van der Waals surface area contributed by atoms with Crippen LogP contribution in [0, 0.1) is 5.82 Å². The number of allylic oxidation sites excluding steroid dienone is 5. The lowest BCUT2D eigenvalue weighted by atomic mass is 10.0. The molecule has 0 fully saturated rings. The Hall–Kier alpha value is -6.08. The fourth-order valence-corrected chi connectivity index (χ4v) is 5.08. The maximum atomic E-state index is 14.5. The van der Waals surface area contributed by atoms with Crippen molar-refractivity contribution in [3.8, 4) is 22.8 Å². The molecule has 0 spiro atoms. The molecule has 0 unspecified atom stereocenters. The van der Waals surface area contributed by atoms with Gasteiger partial charge in [-0.3, -0.25) is 10.1 Å². The topological polar surface area (TPSA) is 94.3 Å². The summed E-state index contributed by atoms with van der Waals surface area (Å²) in [5.74, 6) is 0.228. The number of benzene rings is 2. The van der Waals surface area contributed by atoms with Gasteiger partial charge in [0.1, 0.15) is 17.0 Å². The average molecular weight is 668 g/mol. The van der Waals surface area contributed by atoms with Gasteiger partial charge in [0.2, 0.25) is 0 Å². The molecule has 0 atom stereocenters. The molecule has 0 aliphatic carbocycles. The quantitative estimate of drug-likeness (QED) is 0.0841. The summed E-state index contributed by atoms with van der Waals surface area (Å²) >= 11 is 0. The summed E-state index contributed by atoms with van der Waals surface area (Å²) in [5, 5.41) is 15.8. The van der Waals surface area contributed by atoms with E-state index in [0.29, 0.717) is 34.8 Å². The van der Waals surface area contributed by atoms with Gasteiger partial charge >= 0.3 is 0 Å². The number of nitrogens with one attached hydrogen (secondary N) is 4. The third kappa shape index (κ3) is 9.51. The number of pyridine rings is 1. The van der Waals surface area contributed by atoms with E-state index >= 15 is 0 Å². The van der Waals surface area contributed by atoms with E-state index in [1.807, 2.05) is 102 Å². The van der Waals surface area contributed by atoms with Gasteiger partial charge in [0, 0.05) is 34.9 Å². The number of hydrogen-bond donors (Lipinski definition) is 4. The summed E-state index contributed by atoms with van der Waals surface area (Å²) in [6.07, 6.45) is 11.3. The first kappa shape index (κ1) is 38.4. The summed E-state index contributed by atoms with van der Waals surface area (Å²) in [6.45, 7) is 27.2. The Labute approximate surface area is 294 Å². The molecule has 0 aliphatic rings. The van der Waals surface area contributed by atoms with Crippen LogP contribution in [0.2, 0.25) is 0 Å². The highest BCUT2D eigenvalue weighted by atomic mass is 19.1. The third-order valence-electron chi connectivity index (χ3n) is 7.31. The number of H-pyrrole nitrogens is 2. The van der Waals surface area contributed by atoms with Gasteiger partial charge in [-0.2, -0.15) is 5.10 Å². The molecule has 0 aliphatic heterocycles. The summed E-state index contributed by atoms with van der Waals surface area (Å²) in [5.41, 5.74) is 10.5. The Morgan fingerprint density at radius 1 is 1.02 bits per heavy atom. The largest absolute Gasteiger partial charge is 0.356 e. The average Bonchev–Trinajstić information content (AvgIpc) is 3.75. The molecule has 0 bridgehead atoms. The van der Waals surface area contributed by atoms with Crippen LogP contribution in [0.4, 0.5) is 4.39 Å². The van der Waals surface area contributed by atoms with Crippen molar-refractivity contribution in [1.82, 2.24) is 35.8 Å². The van der Waals surface area contributed by atoms with Crippen LogP contribution >= 0.6 is 0 Å². The van der Waals surface area contributed by atoms with Crippen LogP contribution in [0.3, 0.4) is 0 Å². The molecule has 8 heteroatoms. The monoisotopic (exact) mass is 667 g/mol. The lowest BCUT2D eigenvalue weighted by Crippen LogP contribution is -2.24. The molecule has 0 saturated carbocycles. The van der Waals surface area contributed by atoms with Gasteiger partial charge < -0.3 is 15.6 Å². The predicted octanol–water partition coefficient (Wildman–Crippen LogP) is 8.27. The normalized spacial score (nSPS) is 12.0. The van der Waals surface area contributed by atoms with E-state index in [-0.39, 0.29) is 5.82 Å². The van der Waals surface area contributed by atoms with Crippen molar-refractivity contribution in [3.63, 3.8) is 0 Å². The number of fused-ring (bicyclic) bond motifs is 1. The van der Waals surface area contributed by atoms with Crippen LogP contribution in [0.1, 0.15) is 38.8 Å². The zero-order valence-corrected chi connectivity index (χ0v) is 29.6. The summed E-state index contributed by atoms with van der Waals surface area (Å²) < 4.78 is 14.5. The third-order valence-corrected chi connectivity index (χ3v) is 7.31. The van der Waals surface area contributed by atoms with Gasteiger partial charge in [-0.1, -0.05) is 89.2 Å². The Kier molecular flexibility index (Phi) is 14.6. The zero-order chi connectivity index (χ0) is 36.6. The zero-order valence-electron chi connectivity index (χ0n) is 29.6. The molecule has 7 nitrogen and oxygen atoms in total. The minimum absolute atomic E-state index is 0.328. The van der Waals surface area contributed by atoms with Crippen LogP contribution in [0.25, 0.3) is 51.7 Å². The molecule has 0 radical (unpaired) electrons. The second-order valence-corrected chi connectivity index (χ2v) is 10.6. The Bertz CT molecular complexity index is 2170. The molecule has 3 aromatic heterocycles. The van der Waals surface area contributed by atoms with E-state index in [1.54, 1.807) is 12.3 Å². The smallest absolute Gasteiger partial charge is 0.159 e. The molecule has 5 aromatic rings. The molecule has 0 amide bonds.